The maximum absolute atomic E-state index is 11.8. The number of fused-ring (bicyclic) bond motifs is 1. The van der Waals surface area contributed by atoms with Crippen LogP contribution >= 0.6 is 0 Å². The highest BCUT2D eigenvalue weighted by Gasteiger charge is 2.65. The molecule has 3 atom stereocenters. The van der Waals surface area contributed by atoms with Gasteiger partial charge in [-0.25, -0.2) is 0 Å². The van der Waals surface area contributed by atoms with Gasteiger partial charge in [0.25, 0.3) is 0 Å². The molecule has 2 saturated heterocycles. The molecule has 3 fully saturated rings. The van der Waals surface area contributed by atoms with Crippen molar-refractivity contribution in [2.24, 2.45) is 5.92 Å². The number of aryl methyl sites for hydroxylation is 1. The van der Waals surface area contributed by atoms with Crippen molar-refractivity contribution in [2.45, 2.75) is 24.9 Å². The third kappa shape index (κ3) is 1.27. The molecular formula is C13H15NO3. The van der Waals surface area contributed by atoms with Gasteiger partial charge in [0, 0.05) is 17.8 Å². The fraction of sp³-hybridized carbons (Fsp3) is 0.538. The van der Waals surface area contributed by atoms with Crippen molar-refractivity contribution in [3.63, 3.8) is 0 Å². The van der Waals surface area contributed by atoms with E-state index in [1.54, 1.807) is 6.20 Å². The molecule has 1 aromatic heterocycles. The summed E-state index contributed by atoms with van der Waals surface area (Å²) in [6, 6.07) is 1.98. The summed E-state index contributed by atoms with van der Waals surface area (Å²) in [4.78, 5) is 16.0. The van der Waals surface area contributed by atoms with Crippen LogP contribution in [0.5, 0.6) is 0 Å². The Morgan fingerprint density at radius 3 is 3.12 bits per heavy atom. The van der Waals surface area contributed by atoms with Gasteiger partial charge < -0.3 is 9.47 Å². The molecule has 90 valence electrons. The van der Waals surface area contributed by atoms with Gasteiger partial charge in [-0.15, -0.1) is 0 Å². The lowest BCUT2D eigenvalue weighted by molar-refractivity contribution is -0.154. The molecule has 0 amide bonds. The number of carbonyl (C=O) groups excluding carboxylic acids is 1. The van der Waals surface area contributed by atoms with E-state index in [0.29, 0.717) is 6.61 Å². The second-order valence-electron chi connectivity index (χ2n) is 4.90. The molecule has 4 rings (SSSR count). The summed E-state index contributed by atoms with van der Waals surface area (Å²) < 4.78 is 10.5. The zero-order valence-corrected chi connectivity index (χ0v) is 9.97. The van der Waals surface area contributed by atoms with Gasteiger partial charge in [-0.2, -0.15) is 0 Å². The molecular weight excluding hydrogens is 218 g/mol. The van der Waals surface area contributed by atoms with Crippen LogP contribution in [-0.4, -0.2) is 30.8 Å². The van der Waals surface area contributed by atoms with Crippen LogP contribution in [0.2, 0.25) is 0 Å². The molecule has 17 heavy (non-hydrogen) atoms. The topological polar surface area (TPSA) is 48.4 Å². The minimum Gasteiger partial charge on any atom is -0.469 e. The highest BCUT2D eigenvalue weighted by atomic mass is 16.5. The first-order valence-corrected chi connectivity index (χ1v) is 5.79. The summed E-state index contributed by atoms with van der Waals surface area (Å²) >= 11 is 0. The number of esters is 1. The van der Waals surface area contributed by atoms with E-state index in [0.717, 1.165) is 17.5 Å². The molecule has 2 bridgehead atoms. The SMILES string of the molecule is COC(=O)[C@@H]1[C@H]2C[C@]1(c1cnccc1C)CO2. The highest BCUT2D eigenvalue weighted by Crippen LogP contribution is 2.57. The van der Waals surface area contributed by atoms with E-state index in [4.69, 9.17) is 9.47 Å². The Hall–Kier alpha value is -1.42. The number of carbonyl (C=O) groups is 1. The molecule has 4 nitrogen and oxygen atoms in total. The van der Waals surface area contributed by atoms with Crippen LogP contribution in [0, 0.1) is 12.8 Å². The van der Waals surface area contributed by atoms with E-state index in [2.05, 4.69) is 4.98 Å². The van der Waals surface area contributed by atoms with Gasteiger partial charge >= 0.3 is 5.97 Å². The van der Waals surface area contributed by atoms with Gasteiger partial charge in [0.05, 0.1) is 25.7 Å². The third-order valence-corrected chi connectivity index (χ3v) is 4.12. The smallest absolute Gasteiger partial charge is 0.312 e. The lowest BCUT2D eigenvalue weighted by atomic mass is 9.57. The molecule has 1 saturated carbocycles. The zero-order valence-electron chi connectivity index (χ0n) is 9.97. The Morgan fingerprint density at radius 2 is 2.47 bits per heavy atom. The van der Waals surface area contributed by atoms with Crippen LogP contribution in [0.3, 0.4) is 0 Å². The standard InChI is InChI=1S/C13H15NO3/c1-8-3-4-14-6-9(8)13-5-10(17-7-13)11(13)12(15)16-2/h3-4,6,10-11H,5,7H2,1-2H3/t10-,11+,13-/m1/s1. The van der Waals surface area contributed by atoms with E-state index >= 15 is 0 Å². The third-order valence-electron chi connectivity index (χ3n) is 4.12. The number of aromatic nitrogens is 1. The molecule has 0 radical (unpaired) electrons. The number of rotatable bonds is 2. The summed E-state index contributed by atoms with van der Waals surface area (Å²) in [5.41, 5.74) is 2.10. The minimum absolute atomic E-state index is 0.0297. The molecule has 3 aliphatic rings. The summed E-state index contributed by atoms with van der Waals surface area (Å²) in [5, 5.41) is 0. The maximum Gasteiger partial charge on any atom is 0.312 e. The van der Waals surface area contributed by atoms with Gasteiger partial charge in [-0.3, -0.25) is 9.78 Å². The maximum atomic E-state index is 11.8. The summed E-state index contributed by atoms with van der Waals surface area (Å²) in [6.45, 7) is 2.65. The molecule has 0 unspecified atom stereocenters. The van der Waals surface area contributed by atoms with Gasteiger partial charge in [0.2, 0.25) is 0 Å². The van der Waals surface area contributed by atoms with E-state index in [1.165, 1.54) is 7.11 Å². The first-order chi connectivity index (χ1) is 8.19. The van der Waals surface area contributed by atoms with Crippen molar-refractivity contribution in [1.29, 1.82) is 0 Å². The van der Waals surface area contributed by atoms with Crippen molar-refractivity contribution >= 4 is 5.97 Å². The normalized spacial score (nSPS) is 34.2. The molecule has 3 heterocycles. The van der Waals surface area contributed by atoms with Crippen molar-refractivity contribution in [2.75, 3.05) is 13.7 Å². The number of hydrogen-bond acceptors (Lipinski definition) is 4. The largest absolute Gasteiger partial charge is 0.469 e. The molecule has 2 aliphatic heterocycles. The zero-order chi connectivity index (χ0) is 12.0. The predicted octanol–water partition coefficient (Wildman–Crippen LogP) is 1.22. The second-order valence-corrected chi connectivity index (χ2v) is 4.90. The average Bonchev–Trinajstić information content (AvgIpc) is 2.88. The van der Waals surface area contributed by atoms with Crippen LogP contribution in [-0.2, 0) is 19.7 Å². The predicted molar refractivity (Wildman–Crippen MR) is 60.5 cm³/mol. The Labute approximate surface area is 99.9 Å². The summed E-state index contributed by atoms with van der Waals surface area (Å²) in [6.07, 6.45) is 4.56. The monoisotopic (exact) mass is 233 g/mol. The fourth-order valence-corrected chi connectivity index (χ4v) is 3.20. The van der Waals surface area contributed by atoms with Crippen LogP contribution < -0.4 is 0 Å². The Kier molecular flexibility index (Phi) is 2.23. The van der Waals surface area contributed by atoms with E-state index in [9.17, 15) is 4.79 Å². The second kappa shape index (κ2) is 3.53. The van der Waals surface area contributed by atoms with Crippen LogP contribution in [0.4, 0.5) is 0 Å². The minimum atomic E-state index is -0.198. The van der Waals surface area contributed by atoms with E-state index in [1.807, 2.05) is 19.2 Å². The summed E-state index contributed by atoms with van der Waals surface area (Å²) in [7, 11) is 1.43. The van der Waals surface area contributed by atoms with Crippen molar-refractivity contribution in [3.05, 3.63) is 29.6 Å². The number of ether oxygens (including phenoxy) is 2. The van der Waals surface area contributed by atoms with E-state index in [-0.39, 0.29) is 23.4 Å². The first kappa shape index (κ1) is 10.7. The van der Waals surface area contributed by atoms with Crippen molar-refractivity contribution in [3.8, 4) is 0 Å². The molecule has 0 aromatic carbocycles. The van der Waals surface area contributed by atoms with Gasteiger partial charge in [0.1, 0.15) is 0 Å². The fourth-order valence-electron chi connectivity index (χ4n) is 3.20. The molecule has 0 N–H and O–H groups in total. The van der Waals surface area contributed by atoms with Crippen LogP contribution in [0.25, 0.3) is 0 Å². The molecule has 1 aromatic rings. The molecule has 4 heteroatoms. The van der Waals surface area contributed by atoms with Gasteiger partial charge in [-0.1, -0.05) is 0 Å². The number of pyridine rings is 1. The summed E-state index contributed by atoms with van der Waals surface area (Å²) in [5.74, 6) is -0.322. The van der Waals surface area contributed by atoms with Gasteiger partial charge in [-0.05, 0) is 30.5 Å². The van der Waals surface area contributed by atoms with Crippen LogP contribution in [0.1, 0.15) is 17.5 Å². The number of methoxy groups -OCH3 is 1. The molecule has 0 spiro atoms. The Bertz CT molecular complexity index is 469. The van der Waals surface area contributed by atoms with Crippen molar-refractivity contribution < 1.29 is 14.3 Å². The Morgan fingerprint density at radius 1 is 1.65 bits per heavy atom. The molecule has 1 aliphatic carbocycles. The number of nitrogens with zero attached hydrogens (tertiary/aromatic N) is 1. The van der Waals surface area contributed by atoms with E-state index < -0.39 is 0 Å². The lowest BCUT2D eigenvalue weighted by Crippen LogP contribution is -2.53. The first-order valence-electron chi connectivity index (χ1n) is 5.79. The van der Waals surface area contributed by atoms with Gasteiger partial charge in [0.15, 0.2) is 0 Å². The highest BCUT2D eigenvalue weighted by molar-refractivity contribution is 5.78. The lowest BCUT2D eigenvalue weighted by Gasteiger charge is -2.43. The average molecular weight is 233 g/mol. The van der Waals surface area contributed by atoms with Crippen LogP contribution in [0.15, 0.2) is 18.5 Å². The number of hydrogen-bond donors (Lipinski definition) is 0. The quantitative estimate of drug-likeness (QED) is 0.721. The van der Waals surface area contributed by atoms with Crippen molar-refractivity contribution in [1.82, 2.24) is 4.98 Å². The Balaban J connectivity index is 2.02.